The van der Waals surface area contributed by atoms with E-state index in [1.165, 1.54) is 0 Å². The lowest BCUT2D eigenvalue weighted by Gasteiger charge is -2.21. The van der Waals surface area contributed by atoms with Gasteiger partial charge in [-0.1, -0.05) is 29.8 Å². The zero-order chi connectivity index (χ0) is 13.7. The first kappa shape index (κ1) is 14.2. The van der Waals surface area contributed by atoms with Gasteiger partial charge < -0.3 is 4.90 Å². The van der Waals surface area contributed by atoms with Crippen LogP contribution in [0.2, 0.25) is 0 Å². The van der Waals surface area contributed by atoms with Crippen LogP contribution in [0.4, 0.5) is 0 Å². The molecule has 0 aliphatic heterocycles. The summed E-state index contributed by atoms with van der Waals surface area (Å²) in [4.78, 5) is 13.4. The molecule has 18 heavy (non-hydrogen) atoms. The van der Waals surface area contributed by atoms with Gasteiger partial charge in [0.1, 0.15) is 0 Å². The second-order valence-electron chi connectivity index (χ2n) is 4.93. The van der Waals surface area contributed by atoms with E-state index in [2.05, 4.69) is 12.1 Å². The van der Waals surface area contributed by atoms with E-state index >= 15 is 0 Å². The largest absolute Gasteiger partial charge is 0.349 e. The normalized spacial score (nSPS) is 13.5. The van der Waals surface area contributed by atoms with E-state index in [1.807, 2.05) is 32.0 Å². The van der Waals surface area contributed by atoms with Crippen LogP contribution in [0.1, 0.15) is 30.4 Å². The molecule has 0 aliphatic rings. The molecular weight excluding hydrogens is 224 g/mol. The van der Waals surface area contributed by atoms with E-state index < -0.39 is 0 Å². The second kappa shape index (κ2) is 6.20. The average molecular weight is 244 g/mol. The predicted octanol–water partition coefficient (Wildman–Crippen LogP) is 2.72. The summed E-state index contributed by atoms with van der Waals surface area (Å²) in [6.07, 6.45) is 0.380. The molecule has 96 valence electrons. The molecule has 0 radical (unpaired) electrons. The number of nitrogens with zero attached hydrogens (tertiary/aromatic N) is 2. The smallest absolute Gasteiger partial charge is 0.222 e. The highest BCUT2D eigenvalue weighted by atomic mass is 16.2. The summed E-state index contributed by atoms with van der Waals surface area (Å²) in [6.45, 7) is 3.89. The van der Waals surface area contributed by atoms with Crippen LogP contribution in [0.5, 0.6) is 0 Å². The first-order chi connectivity index (χ1) is 8.45. The number of aryl methyl sites for hydroxylation is 1. The molecule has 1 amide bonds. The second-order valence-corrected chi connectivity index (χ2v) is 4.93. The molecule has 0 aromatic heterocycles. The molecule has 0 bridgehead atoms. The SMILES string of the molecule is Cc1cccc([C@@H](CC(=O)N(C)C)[C@H](C)C#N)c1. The Morgan fingerprint density at radius 3 is 2.61 bits per heavy atom. The Balaban J connectivity index is 2.99. The van der Waals surface area contributed by atoms with E-state index in [0.717, 1.165) is 11.1 Å². The molecule has 1 rings (SSSR count). The van der Waals surface area contributed by atoms with E-state index in [1.54, 1.807) is 19.0 Å². The quantitative estimate of drug-likeness (QED) is 0.817. The summed E-state index contributed by atoms with van der Waals surface area (Å²) < 4.78 is 0. The lowest BCUT2D eigenvalue weighted by molar-refractivity contribution is -0.129. The van der Waals surface area contributed by atoms with Crippen LogP contribution in [0.25, 0.3) is 0 Å². The van der Waals surface area contributed by atoms with Gasteiger partial charge in [0.05, 0.1) is 12.0 Å². The Labute approximate surface area is 109 Å². The molecule has 0 saturated carbocycles. The number of rotatable bonds is 4. The van der Waals surface area contributed by atoms with E-state index in [-0.39, 0.29) is 17.7 Å². The van der Waals surface area contributed by atoms with Crippen molar-refractivity contribution in [3.63, 3.8) is 0 Å². The van der Waals surface area contributed by atoms with Crippen LogP contribution in [0.15, 0.2) is 24.3 Å². The Kier molecular flexibility index (Phi) is 4.91. The molecule has 0 aliphatic carbocycles. The van der Waals surface area contributed by atoms with Crippen molar-refractivity contribution < 1.29 is 4.79 Å². The summed E-state index contributed by atoms with van der Waals surface area (Å²) in [5.74, 6) is -0.149. The van der Waals surface area contributed by atoms with Gasteiger partial charge in [0.25, 0.3) is 0 Å². The molecule has 0 N–H and O–H groups in total. The Bertz CT molecular complexity index is 460. The minimum Gasteiger partial charge on any atom is -0.349 e. The molecule has 0 saturated heterocycles. The Hall–Kier alpha value is -1.82. The van der Waals surface area contributed by atoms with Crippen LogP contribution >= 0.6 is 0 Å². The van der Waals surface area contributed by atoms with E-state index in [4.69, 9.17) is 5.26 Å². The van der Waals surface area contributed by atoms with Crippen LogP contribution < -0.4 is 0 Å². The Morgan fingerprint density at radius 2 is 2.11 bits per heavy atom. The number of carbonyl (C=O) groups is 1. The number of benzene rings is 1. The summed E-state index contributed by atoms with van der Waals surface area (Å²) in [5.41, 5.74) is 2.22. The van der Waals surface area contributed by atoms with Gasteiger partial charge in [-0.25, -0.2) is 0 Å². The maximum Gasteiger partial charge on any atom is 0.222 e. The fourth-order valence-electron chi connectivity index (χ4n) is 1.94. The van der Waals surface area contributed by atoms with Crippen molar-refractivity contribution in [2.24, 2.45) is 5.92 Å². The number of nitriles is 1. The molecule has 0 heterocycles. The van der Waals surface area contributed by atoms with E-state index in [9.17, 15) is 4.79 Å². The highest BCUT2D eigenvalue weighted by Crippen LogP contribution is 2.28. The van der Waals surface area contributed by atoms with Gasteiger partial charge in [-0.3, -0.25) is 4.79 Å². The Morgan fingerprint density at radius 1 is 1.44 bits per heavy atom. The van der Waals surface area contributed by atoms with E-state index in [0.29, 0.717) is 6.42 Å². The topological polar surface area (TPSA) is 44.1 Å². The molecule has 1 aromatic rings. The van der Waals surface area contributed by atoms with Crippen LogP contribution in [-0.2, 0) is 4.79 Å². The third-order valence-corrected chi connectivity index (χ3v) is 3.17. The molecular formula is C15H20N2O. The van der Waals surface area contributed by atoms with Crippen molar-refractivity contribution in [2.75, 3.05) is 14.1 Å². The van der Waals surface area contributed by atoms with Crippen molar-refractivity contribution in [3.8, 4) is 6.07 Å². The summed E-state index contributed by atoms with van der Waals surface area (Å²) in [7, 11) is 3.49. The first-order valence-corrected chi connectivity index (χ1v) is 6.12. The van der Waals surface area contributed by atoms with Gasteiger partial charge in [-0.05, 0) is 19.4 Å². The summed E-state index contributed by atoms with van der Waals surface area (Å²) in [5, 5.41) is 9.11. The predicted molar refractivity (Wildman–Crippen MR) is 72.0 cm³/mol. The minimum atomic E-state index is -0.171. The lowest BCUT2D eigenvalue weighted by Crippen LogP contribution is -2.25. The van der Waals surface area contributed by atoms with Crippen LogP contribution in [-0.4, -0.2) is 24.9 Å². The number of amides is 1. The summed E-state index contributed by atoms with van der Waals surface area (Å²) in [6, 6.07) is 10.3. The van der Waals surface area contributed by atoms with Gasteiger partial charge in [0.15, 0.2) is 0 Å². The van der Waals surface area contributed by atoms with Crippen LogP contribution in [0, 0.1) is 24.2 Å². The van der Waals surface area contributed by atoms with Crippen molar-refractivity contribution in [3.05, 3.63) is 35.4 Å². The van der Waals surface area contributed by atoms with Gasteiger partial charge >= 0.3 is 0 Å². The minimum absolute atomic E-state index is 0.0372. The van der Waals surface area contributed by atoms with Crippen molar-refractivity contribution in [1.82, 2.24) is 4.90 Å². The monoisotopic (exact) mass is 244 g/mol. The van der Waals surface area contributed by atoms with Gasteiger partial charge in [-0.15, -0.1) is 0 Å². The first-order valence-electron chi connectivity index (χ1n) is 6.12. The van der Waals surface area contributed by atoms with Crippen molar-refractivity contribution >= 4 is 5.91 Å². The van der Waals surface area contributed by atoms with Crippen LogP contribution in [0.3, 0.4) is 0 Å². The molecule has 3 nitrogen and oxygen atoms in total. The number of hydrogen-bond donors (Lipinski definition) is 0. The number of carbonyl (C=O) groups excluding carboxylic acids is 1. The third-order valence-electron chi connectivity index (χ3n) is 3.17. The molecule has 2 atom stereocenters. The molecule has 0 spiro atoms. The van der Waals surface area contributed by atoms with Crippen molar-refractivity contribution in [2.45, 2.75) is 26.2 Å². The molecule has 1 aromatic carbocycles. The zero-order valence-corrected chi connectivity index (χ0v) is 11.5. The average Bonchev–Trinajstić information content (AvgIpc) is 2.34. The standard InChI is InChI=1S/C15H20N2O/c1-11-6-5-7-13(8-11)14(12(2)10-16)9-15(18)17(3)4/h5-8,12,14H,9H2,1-4H3/t12-,14+/m1/s1. The molecule has 3 heteroatoms. The molecule has 0 fully saturated rings. The molecule has 0 unspecified atom stereocenters. The fourth-order valence-corrected chi connectivity index (χ4v) is 1.94. The third kappa shape index (κ3) is 3.59. The highest BCUT2D eigenvalue weighted by Gasteiger charge is 2.23. The number of hydrogen-bond acceptors (Lipinski definition) is 2. The van der Waals surface area contributed by atoms with Gasteiger partial charge in [0.2, 0.25) is 5.91 Å². The zero-order valence-electron chi connectivity index (χ0n) is 11.5. The lowest BCUT2D eigenvalue weighted by atomic mass is 9.84. The van der Waals surface area contributed by atoms with Crippen molar-refractivity contribution in [1.29, 1.82) is 5.26 Å². The highest BCUT2D eigenvalue weighted by molar-refractivity contribution is 5.76. The maximum absolute atomic E-state index is 11.8. The van der Waals surface area contributed by atoms with Gasteiger partial charge in [-0.2, -0.15) is 5.26 Å². The van der Waals surface area contributed by atoms with Gasteiger partial charge in [0, 0.05) is 26.4 Å². The maximum atomic E-state index is 11.8. The summed E-state index contributed by atoms with van der Waals surface area (Å²) >= 11 is 0. The fraction of sp³-hybridized carbons (Fsp3) is 0.467.